The molecule has 0 fully saturated rings. The van der Waals surface area contributed by atoms with Crippen molar-refractivity contribution in [2.75, 3.05) is 17.8 Å². The second-order valence-corrected chi connectivity index (χ2v) is 5.87. The Balaban J connectivity index is 2.45. The van der Waals surface area contributed by atoms with Gasteiger partial charge in [-0.3, -0.25) is 14.9 Å². The van der Waals surface area contributed by atoms with Crippen molar-refractivity contribution < 1.29 is 28.6 Å². The maximum atomic E-state index is 12.0. The van der Waals surface area contributed by atoms with Gasteiger partial charge in [0.25, 0.3) is 0 Å². The number of hydrogen-bond acceptors (Lipinski definition) is 6. The van der Waals surface area contributed by atoms with E-state index in [0.29, 0.717) is 23.1 Å². The number of amides is 1. The molecule has 0 aliphatic rings. The molecule has 1 aromatic carbocycles. The largest absolute Gasteiger partial charge is 0.502 e. The molecule has 2 aromatic rings. The topological polar surface area (TPSA) is 98.0 Å². The fourth-order valence-electron chi connectivity index (χ4n) is 2.16. The summed E-state index contributed by atoms with van der Waals surface area (Å²) >= 11 is 3.25. The molecular weight excluding hydrogens is 394 g/mol. The lowest BCUT2D eigenvalue weighted by atomic mass is 10.1. The number of ether oxygens (including phenoxy) is 2. The lowest BCUT2D eigenvalue weighted by Gasteiger charge is -2.05. The number of halogens is 1. The summed E-state index contributed by atoms with van der Waals surface area (Å²) in [4.78, 5) is 23.3. The first kappa shape index (κ1) is 18.9. The van der Waals surface area contributed by atoms with Crippen LogP contribution in [0.25, 0.3) is 11.3 Å². The van der Waals surface area contributed by atoms with Crippen LogP contribution in [0, 0.1) is 0 Å². The summed E-state index contributed by atoms with van der Waals surface area (Å²) < 4.78 is 15.8. The monoisotopic (exact) mass is 411 g/mol. The predicted octanol–water partition coefficient (Wildman–Crippen LogP) is 3.70. The van der Waals surface area contributed by atoms with E-state index in [-0.39, 0.29) is 29.7 Å². The highest BCUT2D eigenvalue weighted by Crippen LogP contribution is 2.48. The van der Waals surface area contributed by atoms with E-state index in [1.165, 1.54) is 14.0 Å². The number of methoxy groups -OCH3 is 1. The third-order valence-corrected chi connectivity index (χ3v) is 3.79. The Labute approximate surface area is 153 Å². The van der Waals surface area contributed by atoms with Gasteiger partial charge < -0.3 is 19.0 Å². The molecule has 1 heterocycles. The van der Waals surface area contributed by atoms with Crippen molar-refractivity contribution >= 4 is 33.7 Å². The summed E-state index contributed by atoms with van der Waals surface area (Å²) in [5, 5.41) is 13.6. The third kappa shape index (κ3) is 4.54. The van der Waals surface area contributed by atoms with Gasteiger partial charge in [-0.2, -0.15) is 0 Å². The highest BCUT2D eigenvalue weighted by atomic mass is 79.9. The fraction of sp³-hybridized carbons (Fsp3) is 0.294. The second kappa shape index (κ2) is 8.57. The zero-order chi connectivity index (χ0) is 18.4. The molecular formula is C17H18BrNO6. The van der Waals surface area contributed by atoms with Gasteiger partial charge in [-0.05, 0) is 18.6 Å². The van der Waals surface area contributed by atoms with Crippen LogP contribution in [0.4, 0.5) is 5.88 Å². The smallest absolute Gasteiger partial charge is 0.308 e. The zero-order valence-electron chi connectivity index (χ0n) is 13.8. The Kier molecular flexibility index (Phi) is 6.46. The minimum absolute atomic E-state index is 0.0319. The molecule has 0 atom stereocenters. The van der Waals surface area contributed by atoms with Gasteiger partial charge >= 0.3 is 5.97 Å². The molecule has 0 radical (unpaired) electrons. The number of hydrogen-bond donors (Lipinski definition) is 2. The van der Waals surface area contributed by atoms with Crippen LogP contribution in [0.5, 0.6) is 17.2 Å². The molecule has 2 rings (SSSR count). The molecule has 0 unspecified atom stereocenters. The Bertz CT molecular complexity index is 770. The van der Waals surface area contributed by atoms with Crippen LogP contribution in [-0.4, -0.2) is 29.4 Å². The highest BCUT2D eigenvalue weighted by Gasteiger charge is 2.26. The van der Waals surface area contributed by atoms with E-state index >= 15 is 0 Å². The maximum absolute atomic E-state index is 12.0. The van der Waals surface area contributed by atoms with Crippen molar-refractivity contribution in [2.45, 2.75) is 19.8 Å². The quantitative estimate of drug-likeness (QED) is 0.532. The molecule has 25 heavy (non-hydrogen) atoms. The van der Waals surface area contributed by atoms with E-state index in [2.05, 4.69) is 21.2 Å². The van der Waals surface area contributed by atoms with E-state index in [4.69, 9.17) is 13.9 Å². The molecule has 0 spiro atoms. The number of aromatic hydroxyl groups is 1. The van der Waals surface area contributed by atoms with Crippen molar-refractivity contribution in [1.82, 2.24) is 0 Å². The molecule has 2 N–H and O–H groups in total. The molecule has 0 bridgehead atoms. The first-order valence-electron chi connectivity index (χ1n) is 7.51. The summed E-state index contributed by atoms with van der Waals surface area (Å²) in [6.45, 7) is 1.19. The number of carbonyl (C=O) groups is 2. The molecule has 0 aliphatic heterocycles. The van der Waals surface area contributed by atoms with Crippen LogP contribution < -0.4 is 14.8 Å². The average Bonchev–Trinajstić information content (AvgIpc) is 2.88. The Morgan fingerprint density at radius 3 is 2.68 bits per heavy atom. The van der Waals surface area contributed by atoms with E-state index in [1.54, 1.807) is 24.3 Å². The first-order valence-corrected chi connectivity index (χ1v) is 8.63. The summed E-state index contributed by atoms with van der Waals surface area (Å²) in [5.41, 5.74) is 0.455. The number of esters is 1. The molecule has 1 amide bonds. The SMILES string of the molecule is COc1ccccc1-c1oc(NC(=O)CCCBr)c(OC(C)=O)c1O. The highest BCUT2D eigenvalue weighted by molar-refractivity contribution is 9.09. The summed E-state index contributed by atoms with van der Waals surface area (Å²) in [6.07, 6.45) is 0.872. The van der Waals surface area contributed by atoms with E-state index < -0.39 is 11.7 Å². The lowest BCUT2D eigenvalue weighted by Crippen LogP contribution is -2.12. The van der Waals surface area contributed by atoms with Gasteiger partial charge in [0.2, 0.25) is 23.3 Å². The fourth-order valence-corrected chi connectivity index (χ4v) is 2.44. The lowest BCUT2D eigenvalue weighted by molar-refractivity contribution is -0.132. The molecule has 134 valence electrons. The summed E-state index contributed by atoms with van der Waals surface area (Å²) in [7, 11) is 1.48. The molecule has 8 heteroatoms. The van der Waals surface area contributed by atoms with E-state index in [0.717, 1.165) is 0 Å². The second-order valence-electron chi connectivity index (χ2n) is 5.07. The summed E-state index contributed by atoms with van der Waals surface area (Å²) in [5.74, 6) is -1.25. The number of alkyl halides is 1. The van der Waals surface area contributed by atoms with Crippen LogP contribution in [0.1, 0.15) is 19.8 Å². The number of carbonyl (C=O) groups excluding carboxylic acids is 2. The van der Waals surface area contributed by atoms with Crippen molar-refractivity contribution in [3.8, 4) is 28.6 Å². The molecule has 1 aromatic heterocycles. The zero-order valence-corrected chi connectivity index (χ0v) is 15.4. The van der Waals surface area contributed by atoms with Crippen molar-refractivity contribution in [1.29, 1.82) is 0 Å². The number of nitrogens with one attached hydrogen (secondary N) is 1. The van der Waals surface area contributed by atoms with Gasteiger partial charge in [0.1, 0.15) is 5.75 Å². The van der Waals surface area contributed by atoms with Gasteiger partial charge in [0.15, 0.2) is 5.76 Å². The van der Waals surface area contributed by atoms with E-state index in [1.807, 2.05) is 0 Å². The van der Waals surface area contributed by atoms with Crippen LogP contribution in [-0.2, 0) is 9.59 Å². The minimum Gasteiger partial charge on any atom is -0.502 e. The number of anilines is 1. The van der Waals surface area contributed by atoms with Gasteiger partial charge in [-0.1, -0.05) is 28.1 Å². The third-order valence-electron chi connectivity index (χ3n) is 3.23. The number of furan rings is 1. The summed E-state index contributed by atoms with van der Waals surface area (Å²) in [6, 6.07) is 6.86. The van der Waals surface area contributed by atoms with Crippen LogP contribution in [0.2, 0.25) is 0 Å². The number of rotatable bonds is 7. The molecule has 0 saturated heterocycles. The average molecular weight is 412 g/mol. The predicted molar refractivity (Wildman–Crippen MR) is 95.3 cm³/mol. The number of benzene rings is 1. The van der Waals surface area contributed by atoms with Gasteiger partial charge in [0, 0.05) is 18.7 Å². The normalized spacial score (nSPS) is 10.4. The van der Waals surface area contributed by atoms with E-state index in [9.17, 15) is 14.7 Å². The molecule has 0 aliphatic carbocycles. The number of para-hydroxylation sites is 1. The van der Waals surface area contributed by atoms with Crippen LogP contribution in [0.15, 0.2) is 28.7 Å². The maximum Gasteiger partial charge on any atom is 0.308 e. The minimum atomic E-state index is -0.654. The Morgan fingerprint density at radius 2 is 2.04 bits per heavy atom. The van der Waals surface area contributed by atoms with Crippen LogP contribution >= 0.6 is 15.9 Å². The Morgan fingerprint density at radius 1 is 1.32 bits per heavy atom. The standard InChI is InChI=1S/C17H18BrNO6/c1-10(20)24-16-14(22)15(11-6-3-4-7-12(11)23-2)25-17(16)19-13(21)8-5-9-18/h3-4,6-7,22H,5,8-9H2,1-2H3,(H,19,21). The van der Waals surface area contributed by atoms with Gasteiger partial charge in [-0.15, -0.1) is 0 Å². The van der Waals surface area contributed by atoms with Crippen molar-refractivity contribution in [3.63, 3.8) is 0 Å². The first-order chi connectivity index (χ1) is 12.0. The van der Waals surface area contributed by atoms with Gasteiger partial charge in [-0.25, -0.2) is 0 Å². The van der Waals surface area contributed by atoms with Crippen molar-refractivity contribution in [3.05, 3.63) is 24.3 Å². The molecule has 7 nitrogen and oxygen atoms in total. The Hall–Kier alpha value is -2.48. The van der Waals surface area contributed by atoms with Crippen molar-refractivity contribution in [2.24, 2.45) is 0 Å². The van der Waals surface area contributed by atoms with Gasteiger partial charge in [0.05, 0.1) is 12.7 Å². The molecule has 0 saturated carbocycles. The van der Waals surface area contributed by atoms with Crippen LogP contribution in [0.3, 0.4) is 0 Å².